The van der Waals surface area contributed by atoms with E-state index in [1.807, 2.05) is 6.07 Å². The molecule has 0 bridgehead atoms. The molecule has 0 saturated carbocycles. The summed E-state index contributed by atoms with van der Waals surface area (Å²) in [6.07, 6.45) is 4.45. The largest absolute Gasteiger partial charge is 0.481 e. The van der Waals surface area contributed by atoms with Gasteiger partial charge in [-0.15, -0.1) is 0 Å². The molecular formula is C22H20N4O4. The van der Waals surface area contributed by atoms with Crippen LogP contribution in [0, 0.1) is 0 Å². The maximum atomic E-state index is 12.0. The molecule has 1 N–H and O–H groups in total. The fraction of sp³-hybridized carbons (Fsp3) is 0.136. The standard InChI is InChI=1S/C22H20N4O4/c1-4-17(28)10-15-6-5-7-18(11-15)30-21-19(14(2)27)13-24-22(26-21)25-16-8-9-20(29-3)23-12-16/h4-9,11-13H,1,10H2,2-3H3,(H,24,25,26). The molecule has 0 saturated heterocycles. The number of anilines is 2. The van der Waals surface area contributed by atoms with E-state index >= 15 is 0 Å². The van der Waals surface area contributed by atoms with Crippen LogP contribution >= 0.6 is 0 Å². The van der Waals surface area contributed by atoms with Gasteiger partial charge in [0.25, 0.3) is 0 Å². The van der Waals surface area contributed by atoms with Gasteiger partial charge in [0.15, 0.2) is 11.6 Å². The van der Waals surface area contributed by atoms with Gasteiger partial charge in [0.1, 0.15) is 5.75 Å². The Morgan fingerprint density at radius 3 is 2.67 bits per heavy atom. The zero-order valence-electron chi connectivity index (χ0n) is 16.6. The van der Waals surface area contributed by atoms with Crippen LogP contribution in [0.1, 0.15) is 22.8 Å². The molecule has 0 aliphatic carbocycles. The van der Waals surface area contributed by atoms with Gasteiger partial charge in [-0.1, -0.05) is 18.7 Å². The Morgan fingerprint density at radius 1 is 1.17 bits per heavy atom. The number of hydrogen-bond donors (Lipinski definition) is 1. The number of hydrogen-bond acceptors (Lipinski definition) is 8. The van der Waals surface area contributed by atoms with Crippen molar-refractivity contribution in [2.45, 2.75) is 13.3 Å². The third-order valence-electron chi connectivity index (χ3n) is 4.05. The lowest BCUT2D eigenvalue weighted by Crippen LogP contribution is -2.05. The summed E-state index contributed by atoms with van der Waals surface area (Å²) < 4.78 is 10.9. The van der Waals surface area contributed by atoms with Crippen molar-refractivity contribution in [1.29, 1.82) is 0 Å². The Balaban J connectivity index is 1.86. The quantitative estimate of drug-likeness (QED) is 0.423. The second kappa shape index (κ2) is 9.42. The van der Waals surface area contributed by atoms with Crippen molar-refractivity contribution in [3.63, 3.8) is 0 Å². The second-order valence-electron chi connectivity index (χ2n) is 6.28. The molecule has 1 aromatic carbocycles. The van der Waals surface area contributed by atoms with E-state index in [-0.39, 0.29) is 35.4 Å². The smallest absolute Gasteiger partial charge is 0.234 e. The molecule has 8 heteroatoms. The summed E-state index contributed by atoms with van der Waals surface area (Å²) in [4.78, 5) is 36.2. The highest BCUT2D eigenvalue weighted by Crippen LogP contribution is 2.26. The number of Topliss-reactive ketones (excluding diaryl/α,β-unsaturated/α-hetero) is 1. The number of carbonyl (C=O) groups excluding carboxylic acids is 2. The number of rotatable bonds is 9. The predicted molar refractivity (Wildman–Crippen MR) is 112 cm³/mol. The van der Waals surface area contributed by atoms with Crippen LogP contribution in [0.3, 0.4) is 0 Å². The number of nitrogens with zero attached hydrogens (tertiary/aromatic N) is 3. The topological polar surface area (TPSA) is 103 Å². The van der Waals surface area contributed by atoms with Gasteiger partial charge in [-0.2, -0.15) is 4.98 Å². The van der Waals surface area contributed by atoms with Crippen LogP contribution in [0.15, 0.2) is 61.4 Å². The van der Waals surface area contributed by atoms with Gasteiger partial charge < -0.3 is 14.8 Å². The highest BCUT2D eigenvalue weighted by molar-refractivity contribution is 5.96. The summed E-state index contributed by atoms with van der Waals surface area (Å²) in [7, 11) is 1.53. The van der Waals surface area contributed by atoms with Crippen LogP contribution in [-0.4, -0.2) is 33.6 Å². The summed E-state index contributed by atoms with van der Waals surface area (Å²) >= 11 is 0. The average molecular weight is 404 g/mol. The van der Waals surface area contributed by atoms with E-state index in [9.17, 15) is 9.59 Å². The molecule has 0 fully saturated rings. The predicted octanol–water partition coefficient (Wildman–Crippen LogP) is 3.92. The number of nitrogens with one attached hydrogen (secondary N) is 1. The zero-order valence-corrected chi connectivity index (χ0v) is 16.6. The Bertz CT molecular complexity index is 1080. The number of pyridine rings is 1. The first-order valence-electron chi connectivity index (χ1n) is 9.05. The molecule has 152 valence electrons. The van der Waals surface area contributed by atoms with Crippen molar-refractivity contribution in [1.82, 2.24) is 15.0 Å². The number of ketones is 2. The van der Waals surface area contributed by atoms with Crippen LogP contribution < -0.4 is 14.8 Å². The number of ether oxygens (including phenoxy) is 2. The molecule has 0 amide bonds. The Hall–Kier alpha value is -4.07. The number of methoxy groups -OCH3 is 1. The molecule has 0 unspecified atom stereocenters. The lowest BCUT2D eigenvalue weighted by Gasteiger charge is -2.11. The molecule has 3 aromatic rings. The van der Waals surface area contributed by atoms with E-state index in [4.69, 9.17) is 9.47 Å². The van der Waals surface area contributed by atoms with Crippen molar-refractivity contribution in [2.75, 3.05) is 12.4 Å². The van der Waals surface area contributed by atoms with Crippen LogP contribution in [0.4, 0.5) is 11.6 Å². The number of allylic oxidation sites excluding steroid dienone is 1. The molecule has 2 aromatic heterocycles. The van der Waals surface area contributed by atoms with Gasteiger partial charge in [0, 0.05) is 18.7 Å². The Morgan fingerprint density at radius 2 is 2.00 bits per heavy atom. The lowest BCUT2D eigenvalue weighted by molar-refractivity contribution is -0.114. The van der Waals surface area contributed by atoms with E-state index in [0.29, 0.717) is 17.3 Å². The van der Waals surface area contributed by atoms with Crippen molar-refractivity contribution in [3.05, 3.63) is 72.6 Å². The van der Waals surface area contributed by atoms with Crippen LogP contribution in [0.5, 0.6) is 17.5 Å². The SMILES string of the molecule is C=CC(=O)Cc1cccc(Oc2nc(Nc3ccc(OC)nc3)ncc2C(C)=O)c1. The van der Waals surface area contributed by atoms with Crippen LogP contribution in [-0.2, 0) is 11.2 Å². The minimum atomic E-state index is -0.236. The average Bonchev–Trinajstić information content (AvgIpc) is 2.74. The lowest BCUT2D eigenvalue weighted by atomic mass is 10.1. The number of carbonyl (C=O) groups is 2. The van der Waals surface area contributed by atoms with Gasteiger partial charge in [0.05, 0.1) is 24.6 Å². The van der Waals surface area contributed by atoms with E-state index in [1.54, 1.807) is 36.5 Å². The van der Waals surface area contributed by atoms with Crippen LogP contribution in [0.25, 0.3) is 0 Å². The third kappa shape index (κ3) is 5.26. The van der Waals surface area contributed by atoms with Gasteiger partial charge in [-0.05, 0) is 36.8 Å². The summed E-state index contributed by atoms with van der Waals surface area (Å²) in [5.74, 6) is 0.933. The fourth-order valence-corrected chi connectivity index (χ4v) is 2.55. The monoisotopic (exact) mass is 404 g/mol. The molecule has 0 aliphatic heterocycles. The maximum Gasteiger partial charge on any atom is 0.234 e. The summed E-state index contributed by atoms with van der Waals surface area (Å²) in [5, 5.41) is 3.01. The third-order valence-corrected chi connectivity index (χ3v) is 4.05. The summed E-state index contributed by atoms with van der Waals surface area (Å²) in [6, 6.07) is 10.5. The molecule has 8 nitrogen and oxygen atoms in total. The molecule has 2 heterocycles. The maximum absolute atomic E-state index is 12.0. The van der Waals surface area contributed by atoms with Crippen molar-refractivity contribution < 1.29 is 19.1 Å². The van der Waals surface area contributed by atoms with Gasteiger partial charge >= 0.3 is 0 Å². The normalized spacial score (nSPS) is 10.2. The van der Waals surface area contributed by atoms with Crippen LogP contribution in [0.2, 0.25) is 0 Å². The molecule has 0 atom stereocenters. The van der Waals surface area contributed by atoms with Gasteiger partial charge in [-0.25, -0.2) is 9.97 Å². The highest BCUT2D eigenvalue weighted by Gasteiger charge is 2.14. The first-order valence-corrected chi connectivity index (χ1v) is 9.05. The Kier molecular flexibility index (Phi) is 6.49. The number of benzene rings is 1. The van der Waals surface area contributed by atoms with E-state index in [2.05, 4.69) is 26.8 Å². The highest BCUT2D eigenvalue weighted by atomic mass is 16.5. The van der Waals surface area contributed by atoms with Gasteiger partial charge in [0.2, 0.25) is 17.7 Å². The molecular weight excluding hydrogens is 384 g/mol. The minimum absolute atomic E-state index is 0.0989. The first-order chi connectivity index (χ1) is 14.5. The summed E-state index contributed by atoms with van der Waals surface area (Å²) in [6.45, 7) is 4.89. The molecule has 0 radical (unpaired) electrons. The minimum Gasteiger partial charge on any atom is -0.481 e. The van der Waals surface area contributed by atoms with Crippen molar-refractivity contribution >= 4 is 23.2 Å². The fourth-order valence-electron chi connectivity index (χ4n) is 2.55. The zero-order chi connectivity index (χ0) is 21.5. The van der Waals surface area contributed by atoms with Gasteiger partial charge in [-0.3, -0.25) is 9.59 Å². The first kappa shape index (κ1) is 20.7. The van der Waals surface area contributed by atoms with Crippen molar-refractivity contribution in [2.24, 2.45) is 0 Å². The van der Waals surface area contributed by atoms with Crippen molar-refractivity contribution in [3.8, 4) is 17.5 Å². The molecule has 3 rings (SSSR count). The number of aromatic nitrogens is 3. The van der Waals surface area contributed by atoms with E-state index in [0.717, 1.165) is 5.56 Å². The second-order valence-corrected chi connectivity index (χ2v) is 6.28. The van der Waals surface area contributed by atoms with E-state index < -0.39 is 0 Å². The molecule has 0 aliphatic rings. The molecule has 30 heavy (non-hydrogen) atoms. The Labute approximate surface area is 173 Å². The summed E-state index contributed by atoms with van der Waals surface area (Å²) in [5.41, 5.74) is 1.64. The van der Waals surface area contributed by atoms with E-state index in [1.165, 1.54) is 26.3 Å². The molecule has 0 spiro atoms.